The zero-order valence-electron chi connectivity index (χ0n) is 11.7. The fraction of sp³-hybridized carbons (Fsp3) is 0.467. The van der Waals surface area contributed by atoms with Gasteiger partial charge in [0.25, 0.3) is 5.91 Å². The largest absolute Gasteiger partial charge is 0.484 e. The fourth-order valence-electron chi connectivity index (χ4n) is 1.65. The van der Waals surface area contributed by atoms with Crippen molar-refractivity contribution in [2.24, 2.45) is 0 Å². The van der Waals surface area contributed by atoms with Crippen molar-refractivity contribution in [2.75, 3.05) is 13.2 Å². The average molecular weight is 279 g/mol. The monoisotopic (exact) mass is 279 g/mol. The van der Waals surface area contributed by atoms with E-state index in [-0.39, 0.29) is 18.9 Å². The van der Waals surface area contributed by atoms with E-state index in [2.05, 4.69) is 12.2 Å². The van der Waals surface area contributed by atoms with Crippen molar-refractivity contribution in [1.82, 2.24) is 5.32 Å². The molecule has 0 spiro atoms. The van der Waals surface area contributed by atoms with Crippen LogP contribution in [0.15, 0.2) is 24.3 Å². The third kappa shape index (κ3) is 6.78. The van der Waals surface area contributed by atoms with Crippen molar-refractivity contribution in [3.8, 4) is 5.75 Å². The molecule has 0 heterocycles. The van der Waals surface area contributed by atoms with E-state index in [1.54, 1.807) is 0 Å². The first kappa shape index (κ1) is 16.0. The molecule has 0 radical (unpaired) electrons. The highest BCUT2D eigenvalue weighted by Gasteiger charge is 2.03. The van der Waals surface area contributed by atoms with Gasteiger partial charge >= 0.3 is 5.97 Å². The number of carboxylic acid groups (broad SMARTS) is 1. The second-order valence-corrected chi connectivity index (χ2v) is 4.49. The Kier molecular flexibility index (Phi) is 7.17. The predicted molar refractivity (Wildman–Crippen MR) is 75.8 cm³/mol. The minimum Gasteiger partial charge on any atom is -0.484 e. The maximum Gasteiger partial charge on any atom is 0.303 e. The van der Waals surface area contributed by atoms with Gasteiger partial charge in [0.1, 0.15) is 5.75 Å². The van der Waals surface area contributed by atoms with Crippen molar-refractivity contribution in [1.29, 1.82) is 0 Å². The molecule has 20 heavy (non-hydrogen) atoms. The van der Waals surface area contributed by atoms with Crippen molar-refractivity contribution in [3.63, 3.8) is 0 Å². The van der Waals surface area contributed by atoms with E-state index >= 15 is 0 Å². The van der Waals surface area contributed by atoms with Gasteiger partial charge in [-0.1, -0.05) is 19.1 Å². The molecule has 110 valence electrons. The molecule has 1 aromatic carbocycles. The highest BCUT2D eigenvalue weighted by Crippen LogP contribution is 2.12. The van der Waals surface area contributed by atoms with Gasteiger partial charge in [-0.3, -0.25) is 9.59 Å². The number of hydrogen-bond donors (Lipinski definition) is 2. The normalized spacial score (nSPS) is 10.1. The van der Waals surface area contributed by atoms with Crippen LogP contribution in [0.5, 0.6) is 5.75 Å². The smallest absolute Gasteiger partial charge is 0.303 e. The summed E-state index contributed by atoms with van der Waals surface area (Å²) in [4.78, 5) is 21.8. The van der Waals surface area contributed by atoms with E-state index in [0.717, 1.165) is 6.42 Å². The standard InChI is InChI=1S/C15H21NO4/c1-2-12-6-8-13(9-7-12)20-11-14(17)16-10-4-3-5-15(18)19/h6-9H,2-5,10-11H2,1H3,(H,16,17)(H,18,19). The van der Waals surface area contributed by atoms with E-state index in [9.17, 15) is 9.59 Å². The molecule has 2 N–H and O–H groups in total. The van der Waals surface area contributed by atoms with E-state index in [1.165, 1.54) is 5.56 Å². The number of hydrogen-bond acceptors (Lipinski definition) is 3. The van der Waals surface area contributed by atoms with Crippen LogP contribution in [0.25, 0.3) is 0 Å². The Morgan fingerprint density at radius 1 is 1.20 bits per heavy atom. The zero-order valence-corrected chi connectivity index (χ0v) is 11.7. The lowest BCUT2D eigenvalue weighted by molar-refractivity contribution is -0.137. The average Bonchev–Trinajstić information content (AvgIpc) is 2.45. The Labute approximate surface area is 118 Å². The van der Waals surface area contributed by atoms with Crippen LogP contribution < -0.4 is 10.1 Å². The van der Waals surface area contributed by atoms with Crippen molar-refractivity contribution in [3.05, 3.63) is 29.8 Å². The first-order valence-corrected chi connectivity index (χ1v) is 6.82. The van der Waals surface area contributed by atoms with Crippen LogP contribution in [0.1, 0.15) is 31.7 Å². The Hall–Kier alpha value is -2.04. The highest BCUT2D eigenvalue weighted by molar-refractivity contribution is 5.77. The number of aryl methyl sites for hydroxylation is 1. The molecule has 0 fully saturated rings. The van der Waals surface area contributed by atoms with Gasteiger partial charge < -0.3 is 15.2 Å². The Bertz CT molecular complexity index is 428. The number of benzene rings is 1. The molecule has 5 heteroatoms. The predicted octanol–water partition coefficient (Wildman–Crippen LogP) is 2.00. The molecular formula is C15H21NO4. The number of rotatable bonds is 9. The summed E-state index contributed by atoms with van der Waals surface area (Å²) in [7, 11) is 0. The fourth-order valence-corrected chi connectivity index (χ4v) is 1.65. The minimum atomic E-state index is -0.810. The summed E-state index contributed by atoms with van der Waals surface area (Å²) in [6.07, 6.45) is 2.32. The van der Waals surface area contributed by atoms with Gasteiger partial charge in [0.05, 0.1) is 0 Å². The summed E-state index contributed by atoms with van der Waals surface area (Å²) in [5, 5.41) is 11.2. The summed E-state index contributed by atoms with van der Waals surface area (Å²) in [6, 6.07) is 7.64. The van der Waals surface area contributed by atoms with Crippen LogP contribution in [-0.4, -0.2) is 30.1 Å². The molecule has 0 unspecified atom stereocenters. The quantitative estimate of drug-likeness (QED) is 0.678. The molecule has 0 aliphatic rings. The zero-order chi connectivity index (χ0) is 14.8. The lowest BCUT2D eigenvalue weighted by atomic mass is 10.2. The first-order valence-electron chi connectivity index (χ1n) is 6.82. The van der Waals surface area contributed by atoms with Gasteiger partial charge in [-0.25, -0.2) is 0 Å². The molecule has 0 saturated heterocycles. The van der Waals surface area contributed by atoms with Gasteiger partial charge in [-0.15, -0.1) is 0 Å². The number of carbonyl (C=O) groups excluding carboxylic acids is 1. The summed E-state index contributed by atoms with van der Waals surface area (Å²) in [5.41, 5.74) is 1.22. The summed E-state index contributed by atoms with van der Waals surface area (Å²) < 4.78 is 5.36. The molecule has 0 aromatic heterocycles. The third-order valence-electron chi connectivity index (χ3n) is 2.84. The van der Waals surface area contributed by atoms with Gasteiger partial charge in [0, 0.05) is 13.0 Å². The van der Waals surface area contributed by atoms with E-state index < -0.39 is 5.97 Å². The molecule has 0 aliphatic heterocycles. The van der Waals surface area contributed by atoms with Crippen LogP contribution in [0.4, 0.5) is 0 Å². The van der Waals surface area contributed by atoms with Crippen molar-refractivity contribution >= 4 is 11.9 Å². The molecule has 5 nitrogen and oxygen atoms in total. The molecule has 0 atom stereocenters. The van der Waals surface area contributed by atoms with Crippen LogP contribution in [0.3, 0.4) is 0 Å². The number of aliphatic carboxylic acids is 1. The number of amides is 1. The lowest BCUT2D eigenvalue weighted by Crippen LogP contribution is -2.29. The van der Waals surface area contributed by atoms with E-state index in [0.29, 0.717) is 25.1 Å². The Morgan fingerprint density at radius 3 is 2.50 bits per heavy atom. The number of nitrogens with one attached hydrogen (secondary N) is 1. The summed E-state index contributed by atoms with van der Waals surface area (Å²) in [5.74, 6) is -0.335. The Morgan fingerprint density at radius 2 is 1.90 bits per heavy atom. The molecule has 0 saturated carbocycles. The van der Waals surface area contributed by atoms with Crippen LogP contribution in [-0.2, 0) is 16.0 Å². The van der Waals surface area contributed by atoms with E-state index in [1.807, 2.05) is 24.3 Å². The molecule has 1 aromatic rings. The summed E-state index contributed by atoms with van der Waals surface area (Å²) in [6.45, 7) is 2.53. The van der Waals surface area contributed by atoms with Crippen LogP contribution >= 0.6 is 0 Å². The van der Waals surface area contributed by atoms with Crippen LogP contribution in [0, 0.1) is 0 Å². The van der Waals surface area contributed by atoms with Gasteiger partial charge in [0.2, 0.25) is 0 Å². The highest BCUT2D eigenvalue weighted by atomic mass is 16.5. The second-order valence-electron chi connectivity index (χ2n) is 4.49. The lowest BCUT2D eigenvalue weighted by Gasteiger charge is -2.07. The van der Waals surface area contributed by atoms with Crippen molar-refractivity contribution < 1.29 is 19.4 Å². The second kappa shape index (κ2) is 8.96. The first-order chi connectivity index (χ1) is 9.61. The third-order valence-corrected chi connectivity index (χ3v) is 2.84. The molecular weight excluding hydrogens is 258 g/mol. The van der Waals surface area contributed by atoms with Gasteiger partial charge in [-0.2, -0.15) is 0 Å². The van der Waals surface area contributed by atoms with Gasteiger partial charge in [0.15, 0.2) is 6.61 Å². The Balaban J connectivity index is 2.14. The SMILES string of the molecule is CCc1ccc(OCC(=O)NCCCCC(=O)O)cc1. The number of ether oxygens (including phenoxy) is 1. The summed E-state index contributed by atoms with van der Waals surface area (Å²) >= 11 is 0. The van der Waals surface area contributed by atoms with Crippen LogP contribution in [0.2, 0.25) is 0 Å². The maximum absolute atomic E-state index is 11.5. The molecule has 1 amide bonds. The number of unbranched alkanes of at least 4 members (excludes halogenated alkanes) is 1. The molecule has 0 aliphatic carbocycles. The minimum absolute atomic E-state index is 0.0234. The number of carboxylic acids is 1. The molecule has 1 rings (SSSR count). The maximum atomic E-state index is 11.5. The molecule has 0 bridgehead atoms. The number of carbonyl (C=O) groups is 2. The topological polar surface area (TPSA) is 75.6 Å². The van der Waals surface area contributed by atoms with Crippen molar-refractivity contribution in [2.45, 2.75) is 32.6 Å². The van der Waals surface area contributed by atoms with Gasteiger partial charge in [-0.05, 0) is 37.0 Å². The van der Waals surface area contributed by atoms with E-state index in [4.69, 9.17) is 9.84 Å².